The van der Waals surface area contributed by atoms with Crippen LogP contribution in [0.4, 0.5) is 0 Å². The summed E-state index contributed by atoms with van der Waals surface area (Å²) in [7, 11) is -3.72. The second-order valence-corrected chi connectivity index (χ2v) is 7.34. The summed E-state index contributed by atoms with van der Waals surface area (Å²) in [5.41, 5.74) is 1.29. The lowest BCUT2D eigenvalue weighted by Crippen LogP contribution is -2.31. The number of nitrogens with zero attached hydrogens (tertiary/aromatic N) is 1. The van der Waals surface area contributed by atoms with Gasteiger partial charge in [0.15, 0.2) is 0 Å². The highest BCUT2D eigenvalue weighted by Crippen LogP contribution is 2.36. The summed E-state index contributed by atoms with van der Waals surface area (Å²) in [6.45, 7) is 0.183. The Kier molecular flexibility index (Phi) is 3.02. The molecule has 0 fully saturated rings. The van der Waals surface area contributed by atoms with Crippen LogP contribution < -0.4 is 0 Å². The van der Waals surface area contributed by atoms with Crippen LogP contribution in [0.15, 0.2) is 39.2 Å². The second kappa shape index (κ2) is 4.45. The maximum Gasteiger partial charge on any atom is 0.269 e. The largest absolute Gasteiger partial charge is 0.269 e. The Labute approximate surface area is 120 Å². The lowest BCUT2D eigenvalue weighted by Gasteiger charge is -2.15. The molecule has 3 rings (SSSR count). The molecule has 1 aromatic rings. The molecule has 6 heteroatoms. The second-order valence-electron chi connectivity index (χ2n) is 4.69. The fraction of sp³-hybridized carbons (Fsp3) is 0.308. The first-order valence-corrected chi connectivity index (χ1v) is 8.28. The van der Waals surface area contributed by atoms with Crippen molar-refractivity contribution in [2.24, 2.45) is 0 Å². The number of hydrogen-bond acceptors (Lipinski definition) is 3. The van der Waals surface area contributed by atoms with Gasteiger partial charge in [0.05, 0.1) is 12.1 Å². The van der Waals surface area contributed by atoms with E-state index in [0.717, 1.165) is 29.1 Å². The molecule has 1 aliphatic heterocycles. The van der Waals surface area contributed by atoms with Gasteiger partial charge >= 0.3 is 0 Å². The molecule has 0 unspecified atom stereocenters. The van der Waals surface area contributed by atoms with Crippen LogP contribution in [-0.2, 0) is 10.0 Å². The van der Waals surface area contributed by atoms with Crippen molar-refractivity contribution < 1.29 is 13.2 Å². The van der Waals surface area contributed by atoms with Gasteiger partial charge in [0.1, 0.15) is 4.90 Å². The molecule has 0 spiro atoms. The number of carbonyl (C=O) groups excluding carboxylic acids is 1. The smallest absolute Gasteiger partial charge is 0.268 e. The lowest BCUT2D eigenvalue weighted by molar-refractivity contribution is 0.0878. The van der Waals surface area contributed by atoms with Gasteiger partial charge in [-0.3, -0.25) is 4.79 Å². The first-order valence-electron chi connectivity index (χ1n) is 6.05. The van der Waals surface area contributed by atoms with Gasteiger partial charge in [-0.2, -0.15) is 0 Å². The number of hydrogen-bond donors (Lipinski definition) is 0. The molecule has 0 N–H and O–H groups in total. The molecule has 1 heterocycles. The Bertz CT molecular complexity index is 694. The number of rotatable bonds is 2. The van der Waals surface area contributed by atoms with Gasteiger partial charge in [0, 0.05) is 4.47 Å². The first-order chi connectivity index (χ1) is 9.01. The summed E-state index contributed by atoms with van der Waals surface area (Å²) in [5, 5.41) is 0. The fourth-order valence-electron chi connectivity index (χ4n) is 2.52. The van der Waals surface area contributed by atoms with Gasteiger partial charge in [0.2, 0.25) is 0 Å². The van der Waals surface area contributed by atoms with Gasteiger partial charge < -0.3 is 0 Å². The molecule has 19 heavy (non-hydrogen) atoms. The minimum Gasteiger partial charge on any atom is -0.268 e. The third-order valence-corrected chi connectivity index (χ3v) is 6.21. The van der Waals surface area contributed by atoms with Crippen molar-refractivity contribution in [3.63, 3.8) is 0 Å². The molecular weight excluding hydrogens is 330 g/mol. The molecule has 1 amide bonds. The van der Waals surface area contributed by atoms with E-state index in [1.807, 2.05) is 6.08 Å². The molecule has 0 bridgehead atoms. The molecule has 0 aromatic heterocycles. The van der Waals surface area contributed by atoms with Crippen LogP contribution in [0.3, 0.4) is 0 Å². The fourth-order valence-corrected chi connectivity index (χ4v) is 5.12. The maximum absolute atomic E-state index is 12.5. The molecule has 0 atom stereocenters. The van der Waals surface area contributed by atoms with E-state index >= 15 is 0 Å². The highest BCUT2D eigenvalue weighted by Gasteiger charge is 2.42. The van der Waals surface area contributed by atoms with Crippen molar-refractivity contribution >= 4 is 31.9 Å². The SMILES string of the molecule is O=C1c2cccc(Br)c2S(=O)(=O)N1CC1=CCCC1. The van der Waals surface area contributed by atoms with Gasteiger partial charge in [-0.15, -0.1) is 0 Å². The maximum atomic E-state index is 12.5. The van der Waals surface area contributed by atoms with Gasteiger partial charge in [-0.25, -0.2) is 12.7 Å². The molecule has 0 saturated carbocycles. The highest BCUT2D eigenvalue weighted by atomic mass is 79.9. The average molecular weight is 342 g/mol. The number of allylic oxidation sites excluding steroid dienone is 1. The molecule has 0 saturated heterocycles. The van der Waals surface area contributed by atoms with Crippen molar-refractivity contribution in [2.45, 2.75) is 24.2 Å². The Morgan fingerprint density at radius 2 is 2.11 bits per heavy atom. The van der Waals surface area contributed by atoms with Crippen molar-refractivity contribution in [2.75, 3.05) is 6.54 Å². The van der Waals surface area contributed by atoms with E-state index in [2.05, 4.69) is 15.9 Å². The zero-order valence-electron chi connectivity index (χ0n) is 10.1. The van der Waals surface area contributed by atoms with E-state index in [-0.39, 0.29) is 17.0 Å². The summed E-state index contributed by atoms with van der Waals surface area (Å²) in [6.07, 6.45) is 4.90. The lowest BCUT2D eigenvalue weighted by atomic mass is 10.2. The van der Waals surface area contributed by atoms with Crippen LogP contribution in [0, 0.1) is 0 Å². The summed E-state index contributed by atoms with van der Waals surface area (Å²) < 4.78 is 26.3. The Hall–Kier alpha value is -1.14. The average Bonchev–Trinajstić information content (AvgIpc) is 2.92. The summed E-state index contributed by atoms with van der Waals surface area (Å²) in [4.78, 5) is 12.3. The number of sulfonamides is 1. The van der Waals surface area contributed by atoms with E-state index in [1.165, 1.54) is 0 Å². The summed E-state index contributed by atoms with van der Waals surface area (Å²) in [6, 6.07) is 4.87. The summed E-state index contributed by atoms with van der Waals surface area (Å²) in [5.74, 6) is -0.427. The predicted octanol–water partition coefficient (Wildman–Crippen LogP) is 2.70. The Morgan fingerprint density at radius 3 is 2.74 bits per heavy atom. The molecular formula is C13H12BrNO3S. The number of halogens is 1. The topological polar surface area (TPSA) is 54.5 Å². The minimum absolute atomic E-state index is 0.0959. The van der Waals surface area contributed by atoms with Crippen LogP contribution in [-0.4, -0.2) is 25.2 Å². The van der Waals surface area contributed by atoms with E-state index < -0.39 is 15.9 Å². The van der Waals surface area contributed by atoms with Crippen LogP contribution in [0.1, 0.15) is 29.6 Å². The molecule has 2 aliphatic rings. The van der Waals surface area contributed by atoms with E-state index in [4.69, 9.17) is 0 Å². The molecule has 4 nitrogen and oxygen atoms in total. The van der Waals surface area contributed by atoms with Crippen LogP contribution in [0.5, 0.6) is 0 Å². The quantitative estimate of drug-likeness (QED) is 0.777. The Morgan fingerprint density at radius 1 is 1.32 bits per heavy atom. The number of fused-ring (bicyclic) bond motifs is 1. The van der Waals surface area contributed by atoms with Crippen LogP contribution in [0.2, 0.25) is 0 Å². The van der Waals surface area contributed by atoms with Gasteiger partial charge in [-0.05, 0) is 47.3 Å². The molecule has 1 aliphatic carbocycles. The minimum atomic E-state index is -3.72. The third kappa shape index (κ3) is 1.94. The number of benzene rings is 1. The van der Waals surface area contributed by atoms with E-state index in [9.17, 15) is 13.2 Å². The van der Waals surface area contributed by atoms with Gasteiger partial charge in [0.25, 0.3) is 15.9 Å². The molecule has 1 aromatic carbocycles. The summed E-state index contributed by atoms with van der Waals surface area (Å²) >= 11 is 3.22. The standard InChI is InChI=1S/C13H12BrNO3S/c14-11-7-3-6-10-12(11)19(17,18)15(13(10)16)8-9-4-1-2-5-9/h3-4,6-7H,1-2,5,8H2. The Balaban J connectivity index is 2.06. The monoisotopic (exact) mass is 341 g/mol. The van der Waals surface area contributed by atoms with Crippen LogP contribution >= 0.6 is 15.9 Å². The predicted molar refractivity (Wildman–Crippen MR) is 74.3 cm³/mol. The van der Waals surface area contributed by atoms with Crippen LogP contribution in [0.25, 0.3) is 0 Å². The zero-order chi connectivity index (χ0) is 13.6. The zero-order valence-corrected chi connectivity index (χ0v) is 12.5. The molecule has 0 radical (unpaired) electrons. The number of amides is 1. The first kappa shape index (κ1) is 12.9. The third-order valence-electron chi connectivity index (χ3n) is 3.45. The van der Waals surface area contributed by atoms with Crippen molar-refractivity contribution in [3.05, 3.63) is 39.9 Å². The van der Waals surface area contributed by atoms with Crippen molar-refractivity contribution in [1.82, 2.24) is 4.31 Å². The molecule has 100 valence electrons. The van der Waals surface area contributed by atoms with Gasteiger partial charge in [-0.1, -0.05) is 17.7 Å². The number of carbonyl (C=O) groups is 1. The van der Waals surface area contributed by atoms with Crippen molar-refractivity contribution in [1.29, 1.82) is 0 Å². The van der Waals surface area contributed by atoms with E-state index in [0.29, 0.717) is 4.47 Å². The normalized spacial score (nSPS) is 20.6. The highest BCUT2D eigenvalue weighted by molar-refractivity contribution is 9.10. The van der Waals surface area contributed by atoms with E-state index in [1.54, 1.807) is 18.2 Å². The van der Waals surface area contributed by atoms with Crippen molar-refractivity contribution in [3.8, 4) is 0 Å².